The maximum atomic E-state index is 6.20. The molecule has 1 atom stereocenters. The van der Waals surface area contributed by atoms with E-state index in [1.165, 1.54) is 29.7 Å². The summed E-state index contributed by atoms with van der Waals surface area (Å²) in [5, 5.41) is 5.28. The molecule has 0 bridgehead atoms. The van der Waals surface area contributed by atoms with Gasteiger partial charge in [0.15, 0.2) is 0 Å². The van der Waals surface area contributed by atoms with Crippen molar-refractivity contribution in [3.8, 4) is 0 Å². The summed E-state index contributed by atoms with van der Waals surface area (Å²) >= 11 is 5.91. The van der Waals surface area contributed by atoms with Gasteiger partial charge < -0.3 is 5.73 Å². The Morgan fingerprint density at radius 3 is 2.84 bits per heavy atom. The molecule has 1 aliphatic rings. The van der Waals surface area contributed by atoms with Crippen LogP contribution in [0.5, 0.6) is 0 Å². The number of nitrogens with two attached hydrogens (primary N) is 1. The summed E-state index contributed by atoms with van der Waals surface area (Å²) in [6.45, 7) is 0.791. The summed E-state index contributed by atoms with van der Waals surface area (Å²) < 4.78 is 2.09. The third-order valence-electron chi connectivity index (χ3n) is 3.80. The first kappa shape index (κ1) is 12.7. The molecule has 2 N–H and O–H groups in total. The predicted octanol–water partition coefficient (Wildman–Crippen LogP) is 3.31. The maximum absolute atomic E-state index is 6.20. The Bertz CT molecular complexity index is 559. The van der Waals surface area contributed by atoms with E-state index in [-0.39, 0.29) is 6.04 Å². The number of rotatable bonds is 2. The highest BCUT2D eigenvalue weighted by Crippen LogP contribution is 2.27. The quantitative estimate of drug-likeness (QED) is 0.855. The fourth-order valence-corrected chi connectivity index (χ4v) is 2.85. The van der Waals surface area contributed by atoms with Crippen LogP contribution in [0.3, 0.4) is 0 Å². The molecule has 3 nitrogen and oxygen atoms in total. The van der Waals surface area contributed by atoms with E-state index in [0.717, 1.165) is 24.4 Å². The Morgan fingerprint density at radius 1 is 1.26 bits per heavy atom. The summed E-state index contributed by atoms with van der Waals surface area (Å²) in [7, 11) is 0. The van der Waals surface area contributed by atoms with Gasteiger partial charge in [-0.2, -0.15) is 5.10 Å². The van der Waals surface area contributed by atoms with Gasteiger partial charge in [-0.15, -0.1) is 0 Å². The minimum Gasteiger partial charge on any atom is -0.324 e. The van der Waals surface area contributed by atoms with E-state index in [9.17, 15) is 0 Å². The molecule has 0 aliphatic heterocycles. The van der Waals surface area contributed by atoms with Gasteiger partial charge in [-0.05, 0) is 37.0 Å². The minimum atomic E-state index is 0.150. The zero-order valence-electron chi connectivity index (χ0n) is 10.8. The van der Waals surface area contributed by atoms with E-state index in [1.807, 2.05) is 30.5 Å². The van der Waals surface area contributed by atoms with E-state index in [2.05, 4.69) is 9.78 Å². The lowest BCUT2D eigenvalue weighted by Crippen LogP contribution is -2.11. The first-order chi connectivity index (χ1) is 9.24. The van der Waals surface area contributed by atoms with Gasteiger partial charge >= 0.3 is 0 Å². The van der Waals surface area contributed by atoms with Gasteiger partial charge in [-0.25, -0.2) is 0 Å². The van der Waals surface area contributed by atoms with Crippen LogP contribution in [0.2, 0.25) is 5.02 Å². The van der Waals surface area contributed by atoms with E-state index in [1.54, 1.807) is 0 Å². The normalized spacial score (nSPS) is 18.9. The second-order valence-corrected chi connectivity index (χ2v) is 5.62. The summed E-state index contributed by atoms with van der Waals surface area (Å²) in [4.78, 5) is 0. The van der Waals surface area contributed by atoms with Crippen molar-refractivity contribution in [3.05, 3.63) is 52.3 Å². The van der Waals surface area contributed by atoms with Gasteiger partial charge in [0.25, 0.3) is 0 Å². The molecule has 0 amide bonds. The molecule has 1 aliphatic carbocycles. The average molecular weight is 276 g/mol. The molecule has 1 aromatic carbocycles. The third-order valence-corrected chi connectivity index (χ3v) is 4.06. The number of nitrogens with zero attached hydrogens (tertiary/aromatic N) is 2. The lowest BCUT2D eigenvalue weighted by Gasteiger charge is -2.10. The Kier molecular flexibility index (Phi) is 3.58. The first-order valence-electron chi connectivity index (χ1n) is 6.78. The molecular formula is C15H18ClN3. The summed E-state index contributed by atoms with van der Waals surface area (Å²) in [6.07, 6.45) is 6.50. The van der Waals surface area contributed by atoms with E-state index in [0.29, 0.717) is 0 Å². The second-order valence-electron chi connectivity index (χ2n) is 5.18. The van der Waals surface area contributed by atoms with Crippen molar-refractivity contribution in [1.29, 1.82) is 0 Å². The molecule has 2 aromatic rings. The van der Waals surface area contributed by atoms with Crippen LogP contribution < -0.4 is 5.73 Å². The average Bonchev–Trinajstić information content (AvgIpc) is 2.71. The lowest BCUT2D eigenvalue weighted by molar-refractivity contribution is 0.602. The van der Waals surface area contributed by atoms with Crippen molar-refractivity contribution in [2.45, 2.75) is 38.3 Å². The lowest BCUT2D eigenvalue weighted by atomic mass is 10.1. The Balaban J connectivity index is 1.87. The molecule has 4 heteroatoms. The van der Waals surface area contributed by atoms with Crippen LogP contribution in [-0.4, -0.2) is 9.78 Å². The number of hydrogen-bond acceptors (Lipinski definition) is 2. The van der Waals surface area contributed by atoms with Crippen molar-refractivity contribution >= 4 is 11.6 Å². The summed E-state index contributed by atoms with van der Waals surface area (Å²) in [5.74, 6) is 0. The number of halogens is 1. The van der Waals surface area contributed by atoms with Crippen LogP contribution in [0.1, 0.15) is 42.1 Å². The molecule has 0 saturated carbocycles. The molecule has 1 aromatic heterocycles. The molecule has 100 valence electrons. The maximum Gasteiger partial charge on any atom is 0.0662 e. The Hall–Kier alpha value is -1.32. The number of aromatic nitrogens is 2. The predicted molar refractivity (Wildman–Crippen MR) is 77.3 cm³/mol. The fourth-order valence-electron chi connectivity index (χ4n) is 2.72. The number of benzene rings is 1. The molecule has 0 radical (unpaired) electrons. The van der Waals surface area contributed by atoms with Crippen LogP contribution in [-0.2, 0) is 13.0 Å². The molecule has 0 fully saturated rings. The van der Waals surface area contributed by atoms with Gasteiger partial charge in [0.1, 0.15) is 0 Å². The van der Waals surface area contributed by atoms with Crippen LogP contribution in [0.25, 0.3) is 0 Å². The van der Waals surface area contributed by atoms with E-state index in [4.69, 9.17) is 17.3 Å². The zero-order valence-corrected chi connectivity index (χ0v) is 11.6. The van der Waals surface area contributed by atoms with Gasteiger partial charge in [0.2, 0.25) is 0 Å². The highest BCUT2D eigenvalue weighted by atomic mass is 35.5. The van der Waals surface area contributed by atoms with E-state index < -0.39 is 0 Å². The van der Waals surface area contributed by atoms with Gasteiger partial charge in [-0.1, -0.05) is 30.2 Å². The van der Waals surface area contributed by atoms with Crippen LogP contribution in [0, 0.1) is 0 Å². The fraction of sp³-hybridized carbons (Fsp3) is 0.400. The van der Waals surface area contributed by atoms with Crippen molar-refractivity contribution in [2.75, 3.05) is 0 Å². The molecule has 3 rings (SSSR count). The second kappa shape index (κ2) is 5.35. The smallest absolute Gasteiger partial charge is 0.0662 e. The molecular weight excluding hydrogens is 258 g/mol. The van der Waals surface area contributed by atoms with Crippen molar-refractivity contribution in [3.63, 3.8) is 0 Å². The topological polar surface area (TPSA) is 43.8 Å². The third kappa shape index (κ3) is 2.67. The van der Waals surface area contributed by atoms with Crippen LogP contribution in [0.15, 0.2) is 30.5 Å². The van der Waals surface area contributed by atoms with E-state index >= 15 is 0 Å². The summed E-state index contributed by atoms with van der Waals surface area (Å²) in [5.41, 5.74) is 9.95. The zero-order chi connectivity index (χ0) is 13.2. The Labute approximate surface area is 118 Å². The van der Waals surface area contributed by atoms with Crippen LogP contribution in [0.4, 0.5) is 0 Å². The standard InChI is InChI=1S/C15H18ClN3/c16-12-7-5-11(6-8-12)10-19-15-4-2-1-3-14(17)13(15)9-18-19/h5-9,14H,1-4,10,17H2. The summed E-state index contributed by atoms with van der Waals surface area (Å²) in [6, 6.07) is 8.09. The molecule has 0 spiro atoms. The van der Waals surface area contributed by atoms with Crippen molar-refractivity contribution < 1.29 is 0 Å². The van der Waals surface area contributed by atoms with Crippen molar-refractivity contribution in [1.82, 2.24) is 9.78 Å². The largest absolute Gasteiger partial charge is 0.324 e. The highest BCUT2D eigenvalue weighted by molar-refractivity contribution is 6.30. The SMILES string of the molecule is NC1CCCCc2c1cnn2Cc1ccc(Cl)cc1. The number of hydrogen-bond donors (Lipinski definition) is 1. The van der Waals surface area contributed by atoms with Crippen LogP contribution >= 0.6 is 11.6 Å². The number of fused-ring (bicyclic) bond motifs is 1. The van der Waals surface area contributed by atoms with Gasteiger partial charge in [0.05, 0.1) is 12.7 Å². The molecule has 1 unspecified atom stereocenters. The first-order valence-corrected chi connectivity index (χ1v) is 7.16. The molecule has 1 heterocycles. The van der Waals surface area contributed by atoms with Gasteiger partial charge in [-0.3, -0.25) is 4.68 Å². The minimum absolute atomic E-state index is 0.150. The molecule has 19 heavy (non-hydrogen) atoms. The Morgan fingerprint density at radius 2 is 2.05 bits per heavy atom. The van der Waals surface area contributed by atoms with Gasteiger partial charge in [0, 0.05) is 22.3 Å². The highest BCUT2D eigenvalue weighted by Gasteiger charge is 2.19. The van der Waals surface area contributed by atoms with Crippen molar-refractivity contribution in [2.24, 2.45) is 5.73 Å². The monoisotopic (exact) mass is 275 g/mol. The molecule has 0 saturated heterocycles.